The summed E-state index contributed by atoms with van der Waals surface area (Å²) in [5, 5.41) is 3.76. The maximum Gasteiger partial charge on any atom is 0.119 e. The van der Waals surface area contributed by atoms with E-state index in [0.717, 1.165) is 37.3 Å². The van der Waals surface area contributed by atoms with Gasteiger partial charge in [0.25, 0.3) is 0 Å². The third-order valence-corrected chi connectivity index (χ3v) is 5.42. The molecule has 2 aliphatic rings. The molecule has 1 N–H and O–H groups in total. The summed E-state index contributed by atoms with van der Waals surface area (Å²) in [5.74, 6) is 2.52. The lowest BCUT2D eigenvalue weighted by molar-refractivity contribution is 0.0820. The highest BCUT2D eigenvalue weighted by Crippen LogP contribution is 2.40. The van der Waals surface area contributed by atoms with Gasteiger partial charge in [-0.1, -0.05) is 48.0 Å². The summed E-state index contributed by atoms with van der Waals surface area (Å²) in [5.41, 5.74) is 2.76. The second kappa shape index (κ2) is 7.59. The van der Waals surface area contributed by atoms with Crippen molar-refractivity contribution in [3.8, 4) is 5.75 Å². The van der Waals surface area contributed by atoms with E-state index in [-0.39, 0.29) is 0 Å². The van der Waals surface area contributed by atoms with E-state index in [9.17, 15) is 0 Å². The molecule has 2 fully saturated rings. The Morgan fingerprint density at radius 2 is 1.80 bits per heavy atom. The van der Waals surface area contributed by atoms with Gasteiger partial charge in [-0.2, -0.15) is 0 Å². The fourth-order valence-electron chi connectivity index (χ4n) is 3.72. The number of rotatable bonds is 8. The zero-order valence-electron chi connectivity index (χ0n) is 15.0. The Morgan fingerprint density at radius 3 is 2.56 bits per heavy atom. The molecular weight excluding hydrogens is 308 g/mol. The zero-order valence-corrected chi connectivity index (χ0v) is 15.0. The number of ether oxygens (including phenoxy) is 1. The number of nitrogens with one attached hydrogen (secondary N) is 1. The number of aryl methyl sites for hydroxylation is 1. The third-order valence-electron chi connectivity index (χ3n) is 5.42. The predicted molar refractivity (Wildman–Crippen MR) is 102 cm³/mol. The summed E-state index contributed by atoms with van der Waals surface area (Å²) < 4.78 is 5.82. The second-order valence-corrected chi connectivity index (χ2v) is 7.55. The number of hydrogen-bond acceptors (Lipinski definition) is 3. The first kappa shape index (κ1) is 16.6. The van der Waals surface area contributed by atoms with E-state index in [1.54, 1.807) is 0 Å². The lowest BCUT2D eigenvalue weighted by atomic mass is 10.0. The number of likely N-dealkylation sites (tertiary alicyclic amines) is 1. The number of nitrogens with zero attached hydrogens (tertiary/aromatic N) is 1. The maximum absolute atomic E-state index is 5.82. The first-order chi connectivity index (χ1) is 12.3. The minimum absolute atomic E-state index is 0.696. The lowest BCUT2D eigenvalue weighted by Crippen LogP contribution is -2.52. The number of benzene rings is 2. The third kappa shape index (κ3) is 4.42. The smallest absolute Gasteiger partial charge is 0.119 e. The Kier molecular flexibility index (Phi) is 5.04. The Balaban J connectivity index is 1.08. The summed E-state index contributed by atoms with van der Waals surface area (Å²) in [6, 6.07) is 19.9. The minimum atomic E-state index is 0.696. The predicted octanol–water partition coefficient (Wildman–Crippen LogP) is 3.45. The van der Waals surface area contributed by atoms with Crippen LogP contribution in [-0.2, 0) is 0 Å². The van der Waals surface area contributed by atoms with Crippen LogP contribution >= 0.6 is 0 Å². The molecule has 1 heterocycles. The molecule has 132 valence electrons. The molecule has 1 saturated heterocycles. The zero-order chi connectivity index (χ0) is 17.1. The summed E-state index contributed by atoms with van der Waals surface area (Å²) >= 11 is 0. The van der Waals surface area contributed by atoms with Gasteiger partial charge < -0.3 is 10.1 Å². The highest BCUT2D eigenvalue weighted by molar-refractivity contribution is 5.28. The Morgan fingerprint density at radius 1 is 1.04 bits per heavy atom. The summed E-state index contributed by atoms with van der Waals surface area (Å²) in [4.78, 5) is 2.49. The minimum Gasteiger partial charge on any atom is -0.492 e. The van der Waals surface area contributed by atoms with Gasteiger partial charge in [0, 0.05) is 38.1 Å². The molecule has 1 saturated carbocycles. The van der Waals surface area contributed by atoms with Gasteiger partial charge in [0.05, 0.1) is 0 Å². The second-order valence-electron chi connectivity index (χ2n) is 7.55. The molecule has 0 amide bonds. The molecule has 4 rings (SSSR count). The molecule has 2 atom stereocenters. The van der Waals surface area contributed by atoms with Crippen molar-refractivity contribution in [2.45, 2.75) is 25.3 Å². The van der Waals surface area contributed by atoms with Crippen LogP contribution in [0.15, 0.2) is 54.6 Å². The quantitative estimate of drug-likeness (QED) is 0.799. The molecule has 1 aliphatic heterocycles. The fourth-order valence-corrected chi connectivity index (χ4v) is 3.72. The Bertz CT molecular complexity index is 664. The Labute approximate surface area is 151 Å². The van der Waals surface area contributed by atoms with Crippen LogP contribution in [0.1, 0.15) is 23.5 Å². The molecule has 0 radical (unpaired) electrons. The van der Waals surface area contributed by atoms with Gasteiger partial charge in [-0.05, 0) is 37.0 Å². The highest BCUT2D eigenvalue weighted by Gasteiger charge is 2.38. The molecular formula is C22H28N2O. The van der Waals surface area contributed by atoms with Gasteiger partial charge in [0.1, 0.15) is 12.4 Å². The average molecular weight is 336 g/mol. The van der Waals surface area contributed by atoms with Crippen molar-refractivity contribution in [3.63, 3.8) is 0 Å². The molecule has 3 heteroatoms. The SMILES string of the molecule is Cc1ccc(OCCN2CC(CN[C@@H]3C[C@H]3c3ccccc3)C2)cc1. The summed E-state index contributed by atoms with van der Waals surface area (Å²) in [7, 11) is 0. The summed E-state index contributed by atoms with van der Waals surface area (Å²) in [6.45, 7) is 7.47. The van der Waals surface area contributed by atoms with E-state index < -0.39 is 0 Å². The molecule has 0 aromatic heterocycles. The van der Waals surface area contributed by atoms with Gasteiger partial charge in [-0.3, -0.25) is 4.90 Å². The van der Waals surface area contributed by atoms with Crippen LogP contribution < -0.4 is 10.1 Å². The van der Waals surface area contributed by atoms with Crippen LogP contribution in [-0.4, -0.2) is 43.7 Å². The van der Waals surface area contributed by atoms with Crippen molar-refractivity contribution >= 4 is 0 Å². The van der Waals surface area contributed by atoms with Gasteiger partial charge in [0.15, 0.2) is 0 Å². The van der Waals surface area contributed by atoms with Crippen LogP contribution in [0.5, 0.6) is 5.75 Å². The van der Waals surface area contributed by atoms with Gasteiger partial charge in [0.2, 0.25) is 0 Å². The monoisotopic (exact) mass is 336 g/mol. The van der Waals surface area contributed by atoms with Crippen LogP contribution in [0.25, 0.3) is 0 Å². The Hall–Kier alpha value is -1.84. The first-order valence-corrected chi connectivity index (χ1v) is 9.48. The molecule has 2 aromatic rings. The van der Waals surface area contributed by atoms with Crippen molar-refractivity contribution < 1.29 is 4.74 Å². The van der Waals surface area contributed by atoms with Crippen LogP contribution in [0.2, 0.25) is 0 Å². The fraction of sp³-hybridized carbons (Fsp3) is 0.455. The standard InChI is InChI=1S/C22H28N2O/c1-17-7-9-20(10-8-17)25-12-11-24-15-18(16-24)14-23-22-13-21(22)19-5-3-2-4-6-19/h2-10,18,21-23H,11-16H2,1H3/t21-,22+/m0/s1. The van der Waals surface area contributed by atoms with Crippen LogP contribution in [0.4, 0.5) is 0 Å². The van der Waals surface area contributed by atoms with E-state index in [4.69, 9.17) is 4.74 Å². The first-order valence-electron chi connectivity index (χ1n) is 9.48. The van der Waals surface area contributed by atoms with E-state index in [1.807, 2.05) is 0 Å². The average Bonchev–Trinajstić information content (AvgIpc) is 3.38. The molecule has 1 aliphatic carbocycles. The normalized spacial score (nSPS) is 23.2. The van der Waals surface area contributed by atoms with Gasteiger partial charge in [-0.15, -0.1) is 0 Å². The van der Waals surface area contributed by atoms with E-state index in [1.165, 1.54) is 30.6 Å². The molecule has 25 heavy (non-hydrogen) atoms. The lowest BCUT2D eigenvalue weighted by Gasteiger charge is -2.39. The largest absolute Gasteiger partial charge is 0.492 e. The topological polar surface area (TPSA) is 24.5 Å². The van der Waals surface area contributed by atoms with E-state index in [2.05, 4.69) is 71.7 Å². The molecule has 0 unspecified atom stereocenters. The van der Waals surface area contributed by atoms with Gasteiger partial charge in [-0.25, -0.2) is 0 Å². The van der Waals surface area contributed by atoms with Crippen molar-refractivity contribution in [3.05, 3.63) is 65.7 Å². The van der Waals surface area contributed by atoms with Gasteiger partial charge >= 0.3 is 0 Å². The van der Waals surface area contributed by atoms with Crippen molar-refractivity contribution in [1.82, 2.24) is 10.2 Å². The van der Waals surface area contributed by atoms with Crippen LogP contribution in [0.3, 0.4) is 0 Å². The van der Waals surface area contributed by atoms with Crippen LogP contribution in [0, 0.1) is 12.8 Å². The van der Waals surface area contributed by atoms with Crippen molar-refractivity contribution in [2.24, 2.45) is 5.92 Å². The highest BCUT2D eigenvalue weighted by atomic mass is 16.5. The molecule has 0 spiro atoms. The number of hydrogen-bond donors (Lipinski definition) is 1. The molecule has 3 nitrogen and oxygen atoms in total. The molecule has 0 bridgehead atoms. The van der Waals surface area contributed by atoms with E-state index >= 15 is 0 Å². The molecule has 2 aromatic carbocycles. The van der Waals surface area contributed by atoms with E-state index in [0.29, 0.717) is 6.04 Å². The maximum atomic E-state index is 5.82. The van der Waals surface area contributed by atoms with Crippen molar-refractivity contribution in [1.29, 1.82) is 0 Å². The summed E-state index contributed by atoms with van der Waals surface area (Å²) in [6.07, 6.45) is 1.30. The van der Waals surface area contributed by atoms with Crippen molar-refractivity contribution in [2.75, 3.05) is 32.8 Å².